The van der Waals surface area contributed by atoms with E-state index in [1.165, 1.54) is 0 Å². The summed E-state index contributed by atoms with van der Waals surface area (Å²) in [7, 11) is 0. The Morgan fingerprint density at radius 3 is 2.64 bits per heavy atom. The van der Waals surface area contributed by atoms with Gasteiger partial charge in [0.2, 0.25) is 5.91 Å². The van der Waals surface area contributed by atoms with Crippen molar-refractivity contribution in [3.63, 3.8) is 0 Å². The number of amides is 1. The number of carbonyl (C=O) groups is 1. The summed E-state index contributed by atoms with van der Waals surface area (Å²) in [5.74, 6) is 0.116. The van der Waals surface area contributed by atoms with Gasteiger partial charge in [-0.15, -0.1) is 0 Å². The normalized spacial score (nSPS) is 10.6. The van der Waals surface area contributed by atoms with Gasteiger partial charge in [0, 0.05) is 6.54 Å². The van der Waals surface area contributed by atoms with E-state index in [0.717, 1.165) is 32.5 Å². The van der Waals surface area contributed by atoms with Crippen molar-refractivity contribution in [2.24, 2.45) is 5.73 Å². The van der Waals surface area contributed by atoms with Gasteiger partial charge in [-0.3, -0.25) is 9.69 Å². The van der Waals surface area contributed by atoms with E-state index in [4.69, 9.17) is 5.73 Å². The molecule has 14 heavy (non-hydrogen) atoms. The molecule has 0 aliphatic carbocycles. The van der Waals surface area contributed by atoms with Crippen LogP contribution in [0.15, 0.2) is 0 Å². The first kappa shape index (κ1) is 13.4. The average molecular weight is 201 g/mol. The van der Waals surface area contributed by atoms with Crippen molar-refractivity contribution in [3.8, 4) is 0 Å². The highest BCUT2D eigenvalue weighted by atomic mass is 16.2. The Labute approximate surface area is 86.8 Å². The predicted octanol–water partition coefficient (Wildman–Crippen LogP) is 0.183. The van der Waals surface area contributed by atoms with Crippen molar-refractivity contribution < 1.29 is 4.79 Å². The van der Waals surface area contributed by atoms with Gasteiger partial charge in [-0.25, -0.2) is 0 Å². The Morgan fingerprint density at radius 1 is 1.43 bits per heavy atom. The molecule has 0 aromatic carbocycles. The molecule has 0 unspecified atom stereocenters. The highest BCUT2D eigenvalue weighted by molar-refractivity contribution is 5.77. The van der Waals surface area contributed by atoms with Crippen LogP contribution in [0.3, 0.4) is 0 Å². The van der Waals surface area contributed by atoms with Gasteiger partial charge in [-0.1, -0.05) is 13.8 Å². The Balaban J connectivity index is 3.62. The van der Waals surface area contributed by atoms with Crippen LogP contribution in [0.2, 0.25) is 0 Å². The van der Waals surface area contributed by atoms with Gasteiger partial charge in [-0.2, -0.15) is 0 Å². The second-order valence-corrected chi connectivity index (χ2v) is 3.36. The summed E-state index contributed by atoms with van der Waals surface area (Å²) in [6.07, 6.45) is 1.94. The van der Waals surface area contributed by atoms with Gasteiger partial charge < -0.3 is 11.1 Å². The van der Waals surface area contributed by atoms with Gasteiger partial charge in [-0.05, 0) is 32.5 Å². The van der Waals surface area contributed by atoms with Gasteiger partial charge in [0.15, 0.2) is 0 Å². The third-order valence-corrected chi connectivity index (χ3v) is 2.07. The first-order valence-corrected chi connectivity index (χ1v) is 5.43. The molecule has 0 aliphatic rings. The Kier molecular flexibility index (Phi) is 8.57. The molecular weight excluding hydrogens is 178 g/mol. The lowest BCUT2D eigenvalue weighted by atomic mass is 10.3. The molecule has 0 aromatic rings. The van der Waals surface area contributed by atoms with E-state index in [1.807, 2.05) is 6.92 Å². The zero-order valence-electron chi connectivity index (χ0n) is 9.38. The minimum atomic E-state index is 0.116. The van der Waals surface area contributed by atoms with Crippen molar-refractivity contribution >= 4 is 5.91 Å². The highest BCUT2D eigenvalue weighted by Crippen LogP contribution is 1.89. The second-order valence-electron chi connectivity index (χ2n) is 3.36. The molecule has 0 radical (unpaired) electrons. The van der Waals surface area contributed by atoms with Crippen LogP contribution in [-0.4, -0.2) is 43.5 Å². The molecule has 1 amide bonds. The molecule has 0 heterocycles. The first-order chi connectivity index (χ1) is 6.74. The fraction of sp³-hybridized carbons (Fsp3) is 0.900. The number of hydrogen-bond donors (Lipinski definition) is 2. The lowest BCUT2D eigenvalue weighted by Gasteiger charge is -2.19. The quantitative estimate of drug-likeness (QED) is 0.589. The van der Waals surface area contributed by atoms with Crippen LogP contribution < -0.4 is 11.1 Å². The molecular formula is C10H23N3O. The number of carbonyl (C=O) groups excluding carboxylic acids is 1. The Morgan fingerprint density at radius 2 is 2.14 bits per heavy atom. The van der Waals surface area contributed by atoms with Crippen LogP contribution in [0.1, 0.15) is 26.7 Å². The van der Waals surface area contributed by atoms with Crippen molar-refractivity contribution in [1.29, 1.82) is 0 Å². The monoisotopic (exact) mass is 201 g/mol. The SMILES string of the molecule is CCCNC(=O)CN(CC)CCCN. The fourth-order valence-electron chi connectivity index (χ4n) is 1.19. The summed E-state index contributed by atoms with van der Waals surface area (Å²) >= 11 is 0. The maximum absolute atomic E-state index is 11.4. The van der Waals surface area contributed by atoms with E-state index in [9.17, 15) is 4.79 Å². The van der Waals surface area contributed by atoms with Crippen LogP contribution in [0.4, 0.5) is 0 Å². The van der Waals surface area contributed by atoms with E-state index < -0.39 is 0 Å². The smallest absolute Gasteiger partial charge is 0.234 e. The second kappa shape index (κ2) is 8.97. The van der Waals surface area contributed by atoms with Crippen molar-refractivity contribution in [2.75, 3.05) is 32.7 Å². The summed E-state index contributed by atoms with van der Waals surface area (Å²) in [5.41, 5.74) is 5.42. The van der Waals surface area contributed by atoms with E-state index in [0.29, 0.717) is 13.1 Å². The molecule has 84 valence electrons. The van der Waals surface area contributed by atoms with E-state index in [2.05, 4.69) is 17.1 Å². The van der Waals surface area contributed by atoms with Crippen molar-refractivity contribution in [1.82, 2.24) is 10.2 Å². The van der Waals surface area contributed by atoms with Crippen molar-refractivity contribution in [3.05, 3.63) is 0 Å². The Bertz CT molecular complexity index is 150. The summed E-state index contributed by atoms with van der Waals surface area (Å²) < 4.78 is 0. The summed E-state index contributed by atoms with van der Waals surface area (Å²) in [5, 5.41) is 2.86. The van der Waals surface area contributed by atoms with Crippen LogP contribution >= 0.6 is 0 Å². The number of nitrogens with one attached hydrogen (secondary N) is 1. The lowest BCUT2D eigenvalue weighted by molar-refractivity contribution is -0.122. The summed E-state index contributed by atoms with van der Waals surface area (Å²) in [6.45, 7) is 7.87. The first-order valence-electron chi connectivity index (χ1n) is 5.43. The Hall–Kier alpha value is -0.610. The molecule has 4 heteroatoms. The third-order valence-electron chi connectivity index (χ3n) is 2.07. The lowest BCUT2D eigenvalue weighted by Crippen LogP contribution is -2.38. The topological polar surface area (TPSA) is 58.4 Å². The average Bonchev–Trinajstić information content (AvgIpc) is 2.21. The maximum atomic E-state index is 11.4. The van der Waals surface area contributed by atoms with Crippen LogP contribution in [0, 0.1) is 0 Å². The number of rotatable bonds is 8. The standard InChI is InChI=1S/C10H23N3O/c1-3-7-12-10(14)9-13(4-2)8-5-6-11/h3-9,11H2,1-2H3,(H,12,14). The molecule has 0 aromatic heterocycles. The van der Waals surface area contributed by atoms with Gasteiger partial charge in [0.25, 0.3) is 0 Å². The minimum absolute atomic E-state index is 0.116. The zero-order chi connectivity index (χ0) is 10.8. The molecule has 0 saturated heterocycles. The molecule has 0 bridgehead atoms. The molecule has 0 saturated carbocycles. The molecule has 3 N–H and O–H groups in total. The van der Waals surface area contributed by atoms with Crippen LogP contribution in [0.25, 0.3) is 0 Å². The fourth-order valence-corrected chi connectivity index (χ4v) is 1.19. The predicted molar refractivity (Wildman–Crippen MR) is 59.1 cm³/mol. The molecule has 0 rings (SSSR count). The molecule has 0 spiro atoms. The van der Waals surface area contributed by atoms with Gasteiger partial charge in [0.1, 0.15) is 0 Å². The minimum Gasteiger partial charge on any atom is -0.355 e. The van der Waals surface area contributed by atoms with E-state index in [1.54, 1.807) is 0 Å². The van der Waals surface area contributed by atoms with Crippen LogP contribution in [0.5, 0.6) is 0 Å². The number of nitrogens with zero attached hydrogens (tertiary/aromatic N) is 1. The maximum Gasteiger partial charge on any atom is 0.234 e. The third kappa shape index (κ3) is 6.86. The van der Waals surface area contributed by atoms with Gasteiger partial charge >= 0.3 is 0 Å². The zero-order valence-corrected chi connectivity index (χ0v) is 9.38. The molecule has 0 atom stereocenters. The molecule has 0 aliphatic heterocycles. The van der Waals surface area contributed by atoms with Gasteiger partial charge in [0.05, 0.1) is 6.54 Å². The number of hydrogen-bond acceptors (Lipinski definition) is 3. The summed E-state index contributed by atoms with van der Waals surface area (Å²) in [4.78, 5) is 13.5. The van der Waals surface area contributed by atoms with Crippen molar-refractivity contribution in [2.45, 2.75) is 26.7 Å². The largest absolute Gasteiger partial charge is 0.355 e. The van der Waals surface area contributed by atoms with E-state index in [-0.39, 0.29) is 5.91 Å². The van der Waals surface area contributed by atoms with E-state index >= 15 is 0 Å². The number of nitrogens with two attached hydrogens (primary N) is 1. The summed E-state index contributed by atoms with van der Waals surface area (Å²) in [6, 6.07) is 0. The highest BCUT2D eigenvalue weighted by Gasteiger charge is 2.06. The van der Waals surface area contributed by atoms with Crippen LogP contribution in [-0.2, 0) is 4.79 Å². The number of likely N-dealkylation sites (N-methyl/N-ethyl adjacent to an activating group) is 1. The molecule has 4 nitrogen and oxygen atoms in total. The molecule has 0 fully saturated rings.